The molecule has 0 radical (unpaired) electrons. The first-order valence-corrected chi connectivity index (χ1v) is 7.46. The average molecular weight is 252 g/mol. The van der Waals surface area contributed by atoms with E-state index in [1.165, 1.54) is 12.8 Å². The van der Waals surface area contributed by atoms with Gasteiger partial charge in [0, 0.05) is 19.5 Å². The summed E-state index contributed by atoms with van der Waals surface area (Å²) < 4.78 is 0. The molecule has 0 bridgehead atoms. The van der Waals surface area contributed by atoms with Crippen molar-refractivity contribution < 1.29 is 4.79 Å². The second kappa shape index (κ2) is 5.60. The Bertz CT molecular complexity index is 295. The Balaban J connectivity index is 1.80. The first-order chi connectivity index (χ1) is 8.48. The van der Waals surface area contributed by atoms with Gasteiger partial charge in [0.15, 0.2) is 0 Å². The number of nitrogens with one attached hydrogen (secondary N) is 1. The molecule has 2 aliphatic rings. The minimum absolute atomic E-state index is 0.325. The summed E-state index contributed by atoms with van der Waals surface area (Å²) in [5.74, 6) is 1.59. The number of carbonyl (C=O) groups is 1. The molecule has 18 heavy (non-hydrogen) atoms. The summed E-state index contributed by atoms with van der Waals surface area (Å²) in [5, 5.41) is 3.45. The second-order valence-electron chi connectivity index (χ2n) is 7.02. The van der Waals surface area contributed by atoms with Gasteiger partial charge >= 0.3 is 0 Å². The smallest absolute Gasteiger partial charge is 0.222 e. The number of carbonyl (C=O) groups excluding carboxylic acids is 1. The Morgan fingerprint density at radius 3 is 2.83 bits per heavy atom. The van der Waals surface area contributed by atoms with Crippen molar-refractivity contribution in [2.45, 2.75) is 46.5 Å². The van der Waals surface area contributed by atoms with Crippen molar-refractivity contribution in [3.8, 4) is 0 Å². The van der Waals surface area contributed by atoms with E-state index in [9.17, 15) is 4.79 Å². The lowest BCUT2D eigenvalue weighted by Crippen LogP contribution is -2.37. The summed E-state index contributed by atoms with van der Waals surface area (Å²) in [4.78, 5) is 14.4. The van der Waals surface area contributed by atoms with Crippen LogP contribution in [-0.4, -0.2) is 37.0 Å². The van der Waals surface area contributed by atoms with E-state index < -0.39 is 0 Å². The van der Waals surface area contributed by atoms with Crippen molar-refractivity contribution in [3.63, 3.8) is 0 Å². The molecule has 2 unspecified atom stereocenters. The number of piperidine rings is 1. The van der Waals surface area contributed by atoms with Crippen molar-refractivity contribution in [1.29, 1.82) is 0 Å². The molecule has 0 aromatic heterocycles. The largest absolute Gasteiger partial charge is 0.342 e. The standard InChI is InChI=1S/C15H28N2O/c1-12(13-5-4-7-16-10-13)9-14(18)17-8-6-15(2,3)11-17/h12-13,16H,4-11H2,1-3H3. The molecule has 0 aromatic carbocycles. The van der Waals surface area contributed by atoms with Crippen molar-refractivity contribution in [2.24, 2.45) is 17.3 Å². The maximum Gasteiger partial charge on any atom is 0.222 e. The number of amides is 1. The Labute approximate surface area is 111 Å². The minimum atomic E-state index is 0.325. The fraction of sp³-hybridized carbons (Fsp3) is 0.933. The highest BCUT2D eigenvalue weighted by Gasteiger charge is 2.33. The normalized spacial score (nSPS) is 29.3. The van der Waals surface area contributed by atoms with Crippen molar-refractivity contribution in [3.05, 3.63) is 0 Å². The van der Waals surface area contributed by atoms with E-state index >= 15 is 0 Å². The molecule has 1 N–H and O–H groups in total. The second-order valence-corrected chi connectivity index (χ2v) is 7.02. The molecular formula is C15H28N2O. The van der Waals surface area contributed by atoms with Crippen LogP contribution in [-0.2, 0) is 4.79 Å². The SMILES string of the molecule is CC(CC(=O)N1CCC(C)(C)C1)C1CCCNC1. The van der Waals surface area contributed by atoms with Gasteiger partial charge < -0.3 is 10.2 Å². The summed E-state index contributed by atoms with van der Waals surface area (Å²) in [6, 6.07) is 0. The first-order valence-electron chi connectivity index (χ1n) is 7.46. The lowest BCUT2D eigenvalue weighted by molar-refractivity contribution is -0.131. The molecule has 3 heteroatoms. The summed E-state index contributed by atoms with van der Waals surface area (Å²) in [6.45, 7) is 10.9. The lowest BCUT2D eigenvalue weighted by atomic mass is 9.85. The Morgan fingerprint density at radius 2 is 2.28 bits per heavy atom. The quantitative estimate of drug-likeness (QED) is 0.835. The molecule has 2 rings (SSSR count). The van der Waals surface area contributed by atoms with Gasteiger partial charge in [-0.05, 0) is 49.6 Å². The molecular weight excluding hydrogens is 224 g/mol. The topological polar surface area (TPSA) is 32.3 Å². The van der Waals surface area contributed by atoms with E-state index in [1.54, 1.807) is 0 Å². The zero-order chi connectivity index (χ0) is 13.2. The Kier molecular flexibility index (Phi) is 4.31. The van der Waals surface area contributed by atoms with Gasteiger partial charge in [0.25, 0.3) is 0 Å². The molecule has 0 saturated carbocycles. The van der Waals surface area contributed by atoms with Crippen LogP contribution < -0.4 is 5.32 Å². The molecule has 1 amide bonds. The van der Waals surface area contributed by atoms with Crippen LogP contribution >= 0.6 is 0 Å². The highest BCUT2D eigenvalue weighted by molar-refractivity contribution is 5.76. The van der Waals surface area contributed by atoms with Gasteiger partial charge in [-0.25, -0.2) is 0 Å². The molecule has 0 aromatic rings. The lowest BCUT2D eigenvalue weighted by Gasteiger charge is -2.29. The third-order valence-electron chi connectivity index (χ3n) is 4.67. The molecule has 2 fully saturated rings. The Morgan fingerprint density at radius 1 is 1.50 bits per heavy atom. The van der Waals surface area contributed by atoms with Gasteiger partial charge in [0.2, 0.25) is 5.91 Å². The van der Waals surface area contributed by atoms with E-state index in [1.807, 2.05) is 0 Å². The van der Waals surface area contributed by atoms with Crippen molar-refractivity contribution in [1.82, 2.24) is 10.2 Å². The highest BCUT2D eigenvalue weighted by Crippen LogP contribution is 2.30. The van der Waals surface area contributed by atoms with Crippen LogP contribution in [0, 0.1) is 17.3 Å². The van der Waals surface area contributed by atoms with Crippen LogP contribution in [0.4, 0.5) is 0 Å². The van der Waals surface area contributed by atoms with E-state index in [4.69, 9.17) is 0 Å². The number of hydrogen-bond acceptors (Lipinski definition) is 2. The molecule has 3 nitrogen and oxygen atoms in total. The predicted octanol–water partition coefficient (Wildman–Crippen LogP) is 2.27. The van der Waals surface area contributed by atoms with Gasteiger partial charge in [-0.1, -0.05) is 20.8 Å². The van der Waals surface area contributed by atoms with Crippen molar-refractivity contribution >= 4 is 5.91 Å². The van der Waals surface area contributed by atoms with E-state index in [2.05, 4.69) is 31.0 Å². The van der Waals surface area contributed by atoms with E-state index in [-0.39, 0.29) is 0 Å². The van der Waals surface area contributed by atoms with E-state index in [0.29, 0.717) is 23.2 Å². The third kappa shape index (κ3) is 3.47. The number of likely N-dealkylation sites (tertiary alicyclic amines) is 1. The maximum atomic E-state index is 12.3. The van der Waals surface area contributed by atoms with Crippen LogP contribution in [0.5, 0.6) is 0 Å². The molecule has 104 valence electrons. The minimum Gasteiger partial charge on any atom is -0.342 e. The van der Waals surface area contributed by atoms with Crippen LogP contribution in [0.25, 0.3) is 0 Å². The van der Waals surface area contributed by atoms with Gasteiger partial charge in [-0.15, -0.1) is 0 Å². The van der Waals surface area contributed by atoms with E-state index in [0.717, 1.165) is 39.0 Å². The zero-order valence-corrected chi connectivity index (χ0v) is 12.2. The van der Waals surface area contributed by atoms with Gasteiger partial charge in [0.1, 0.15) is 0 Å². The van der Waals surface area contributed by atoms with Crippen LogP contribution in [0.3, 0.4) is 0 Å². The average Bonchev–Trinajstić information content (AvgIpc) is 2.71. The fourth-order valence-electron chi connectivity index (χ4n) is 3.26. The summed E-state index contributed by atoms with van der Waals surface area (Å²) in [6.07, 6.45) is 4.44. The number of nitrogens with zero attached hydrogens (tertiary/aromatic N) is 1. The number of rotatable bonds is 3. The summed E-state index contributed by atoms with van der Waals surface area (Å²) in [5.41, 5.74) is 0.325. The number of hydrogen-bond donors (Lipinski definition) is 1. The van der Waals surface area contributed by atoms with Crippen LogP contribution in [0.2, 0.25) is 0 Å². The monoisotopic (exact) mass is 252 g/mol. The Hall–Kier alpha value is -0.570. The molecule has 2 atom stereocenters. The van der Waals surface area contributed by atoms with Gasteiger partial charge in [-0.3, -0.25) is 4.79 Å². The van der Waals surface area contributed by atoms with Crippen LogP contribution in [0.1, 0.15) is 46.5 Å². The molecule has 0 spiro atoms. The van der Waals surface area contributed by atoms with Gasteiger partial charge in [-0.2, -0.15) is 0 Å². The highest BCUT2D eigenvalue weighted by atomic mass is 16.2. The predicted molar refractivity (Wildman–Crippen MR) is 74.4 cm³/mol. The van der Waals surface area contributed by atoms with Crippen LogP contribution in [0.15, 0.2) is 0 Å². The molecule has 2 saturated heterocycles. The molecule has 0 aliphatic carbocycles. The fourth-order valence-corrected chi connectivity index (χ4v) is 3.26. The first kappa shape index (κ1) is 13.9. The summed E-state index contributed by atoms with van der Waals surface area (Å²) >= 11 is 0. The van der Waals surface area contributed by atoms with Gasteiger partial charge in [0.05, 0.1) is 0 Å². The maximum absolute atomic E-state index is 12.3. The molecule has 2 heterocycles. The summed E-state index contributed by atoms with van der Waals surface area (Å²) in [7, 11) is 0. The molecule has 2 aliphatic heterocycles. The van der Waals surface area contributed by atoms with Crippen molar-refractivity contribution in [2.75, 3.05) is 26.2 Å². The zero-order valence-electron chi connectivity index (χ0n) is 12.2. The third-order valence-corrected chi connectivity index (χ3v) is 4.67.